The SMILES string of the molecule is CCOCCOC(C)C(=O)NCc1ccc(S(=O)(=O)NC)cc1. The van der Waals surface area contributed by atoms with Gasteiger partial charge in [0.1, 0.15) is 6.10 Å². The highest BCUT2D eigenvalue weighted by atomic mass is 32.2. The molecule has 0 spiro atoms. The third-order valence-corrected chi connectivity index (χ3v) is 4.57. The normalized spacial score (nSPS) is 12.8. The number of sulfonamides is 1. The number of hydrogen-bond donors (Lipinski definition) is 2. The number of rotatable bonds is 10. The van der Waals surface area contributed by atoms with Crippen molar-refractivity contribution in [2.24, 2.45) is 0 Å². The molecule has 1 aromatic rings. The first kappa shape index (κ1) is 19.6. The molecule has 0 saturated heterocycles. The van der Waals surface area contributed by atoms with Gasteiger partial charge < -0.3 is 14.8 Å². The Balaban J connectivity index is 2.44. The molecule has 2 N–H and O–H groups in total. The van der Waals surface area contributed by atoms with Gasteiger partial charge >= 0.3 is 0 Å². The Hall–Kier alpha value is -1.48. The first-order valence-electron chi connectivity index (χ1n) is 7.40. The average Bonchev–Trinajstić information content (AvgIpc) is 2.56. The molecular weight excluding hydrogens is 320 g/mol. The van der Waals surface area contributed by atoms with Crippen molar-refractivity contribution in [1.82, 2.24) is 10.0 Å². The third kappa shape index (κ3) is 6.66. The standard InChI is InChI=1S/C15H24N2O5S/c1-4-21-9-10-22-12(2)15(18)17-11-13-5-7-14(8-6-13)23(19,20)16-3/h5-8,12,16H,4,9-11H2,1-3H3,(H,17,18). The van der Waals surface area contributed by atoms with Crippen LogP contribution >= 0.6 is 0 Å². The van der Waals surface area contributed by atoms with Gasteiger partial charge in [0.2, 0.25) is 15.9 Å². The van der Waals surface area contributed by atoms with E-state index in [9.17, 15) is 13.2 Å². The van der Waals surface area contributed by atoms with Gasteiger partial charge in [0.25, 0.3) is 0 Å². The van der Waals surface area contributed by atoms with Gasteiger partial charge in [0.15, 0.2) is 0 Å². The third-order valence-electron chi connectivity index (χ3n) is 3.14. The topological polar surface area (TPSA) is 93.7 Å². The van der Waals surface area contributed by atoms with Crippen molar-refractivity contribution >= 4 is 15.9 Å². The molecule has 0 fully saturated rings. The fourth-order valence-corrected chi connectivity index (χ4v) is 2.47. The van der Waals surface area contributed by atoms with Crippen LogP contribution in [0.3, 0.4) is 0 Å². The van der Waals surface area contributed by atoms with Gasteiger partial charge in [0.05, 0.1) is 18.1 Å². The first-order chi connectivity index (χ1) is 10.9. The Labute approximate surface area is 137 Å². The maximum absolute atomic E-state index is 11.9. The molecule has 0 bridgehead atoms. The van der Waals surface area contributed by atoms with E-state index in [1.807, 2.05) is 6.92 Å². The van der Waals surface area contributed by atoms with Crippen LogP contribution in [0.5, 0.6) is 0 Å². The Morgan fingerprint density at radius 1 is 1.22 bits per heavy atom. The molecule has 0 aliphatic carbocycles. The highest BCUT2D eigenvalue weighted by Crippen LogP contribution is 2.10. The first-order valence-corrected chi connectivity index (χ1v) is 8.88. The van der Waals surface area contributed by atoms with Gasteiger partial charge in [-0.2, -0.15) is 0 Å². The monoisotopic (exact) mass is 344 g/mol. The van der Waals surface area contributed by atoms with Crippen molar-refractivity contribution in [3.63, 3.8) is 0 Å². The second-order valence-corrected chi connectivity index (χ2v) is 6.67. The molecule has 1 amide bonds. The summed E-state index contributed by atoms with van der Waals surface area (Å²) < 4.78 is 35.9. The summed E-state index contributed by atoms with van der Waals surface area (Å²) in [6.45, 7) is 5.29. The van der Waals surface area contributed by atoms with E-state index in [2.05, 4.69) is 10.0 Å². The Bertz CT molecular complexity index is 586. The molecule has 0 saturated carbocycles. The molecule has 1 unspecified atom stereocenters. The van der Waals surface area contributed by atoms with Crippen molar-refractivity contribution in [3.05, 3.63) is 29.8 Å². The highest BCUT2D eigenvalue weighted by molar-refractivity contribution is 7.89. The fraction of sp³-hybridized carbons (Fsp3) is 0.533. The van der Waals surface area contributed by atoms with Gasteiger partial charge in [-0.15, -0.1) is 0 Å². The summed E-state index contributed by atoms with van der Waals surface area (Å²) in [5.74, 6) is -0.228. The highest BCUT2D eigenvalue weighted by Gasteiger charge is 2.13. The molecule has 1 atom stereocenters. The molecule has 0 radical (unpaired) electrons. The van der Waals surface area contributed by atoms with Gasteiger partial charge in [-0.3, -0.25) is 4.79 Å². The fourth-order valence-electron chi connectivity index (χ4n) is 1.74. The number of ether oxygens (including phenoxy) is 2. The average molecular weight is 344 g/mol. The maximum Gasteiger partial charge on any atom is 0.249 e. The van der Waals surface area contributed by atoms with E-state index in [-0.39, 0.29) is 10.8 Å². The number of amides is 1. The maximum atomic E-state index is 11.9. The number of hydrogen-bond acceptors (Lipinski definition) is 5. The molecule has 0 heterocycles. The Morgan fingerprint density at radius 3 is 2.43 bits per heavy atom. The number of nitrogens with one attached hydrogen (secondary N) is 2. The molecule has 7 nitrogen and oxygen atoms in total. The van der Waals surface area contributed by atoms with E-state index in [0.717, 1.165) is 5.56 Å². The zero-order valence-electron chi connectivity index (χ0n) is 13.7. The van der Waals surface area contributed by atoms with Crippen molar-refractivity contribution < 1.29 is 22.7 Å². The summed E-state index contributed by atoms with van der Waals surface area (Å²) in [7, 11) is -2.09. The minimum Gasteiger partial charge on any atom is -0.379 e. The Kier molecular flexibility index (Phi) is 8.18. The van der Waals surface area contributed by atoms with Gasteiger partial charge in [-0.25, -0.2) is 13.1 Å². The van der Waals surface area contributed by atoms with E-state index in [1.165, 1.54) is 19.2 Å². The quantitative estimate of drug-likeness (QED) is 0.608. The molecule has 0 aliphatic heterocycles. The van der Waals surface area contributed by atoms with Crippen LogP contribution in [0.15, 0.2) is 29.2 Å². The van der Waals surface area contributed by atoms with E-state index >= 15 is 0 Å². The molecule has 23 heavy (non-hydrogen) atoms. The molecule has 1 rings (SSSR count). The Morgan fingerprint density at radius 2 is 1.87 bits per heavy atom. The molecule has 8 heteroatoms. The van der Waals surface area contributed by atoms with Crippen molar-refractivity contribution in [2.75, 3.05) is 26.9 Å². The molecule has 0 aromatic heterocycles. The summed E-state index contributed by atoms with van der Waals surface area (Å²) in [6.07, 6.45) is -0.570. The lowest BCUT2D eigenvalue weighted by molar-refractivity contribution is -0.132. The summed E-state index contributed by atoms with van der Waals surface area (Å²) in [5, 5.41) is 2.74. The zero-order valence-corrected chi connectivity index (χ0v) is 14.5. The lowest BCUT2D eigenvalue weighted by Crippen LogP contribution is -2.34. The smallest absolute Gasteiger partial charge is 0.249 e. The van der Waals surface area contributed by atoms with E-state index in [0.29, 0.717) is 26.4 Å². The van der Waals surface area contributed by atoms with Crippen LogP contribution in [0.2, 0.25) is 0 Å². The lowest BCUT2D eigenvalue weighted by atomic mass is 10.2. The largest absolute Gasteiger partial charge is 0.379 e. The van der Waals surface area contributed by atoms with E-state index < -0.39 is 16.1 Å². The van der Waals surface area contributed by atoms with Gasteiger partial charge in [-0.05, 0) is 38.6 Å². The van der Waals surface area contributed by atoms with Crippen LogP contribution in [-0.2, 0) is 30.8 Å². The molecule has 0 aliphatic rings. The van der Waals surface area contributed by atoms with Crippen LogP contribution in [0, 0.1) is 0 Å². The van der Waals surface area contributed by atoms with Crippen LogP contribution < -0.4 is 10.0 Å². The minimum atomic E-state index is -3.44. The van der Waals surface area contributed by atoms with E-state index in [4.69, 9.17) is 9.47 Å². The molecular formula is C15H24N2O5S. The van der Waals surface area contributed by atoms with Crippen molar-refractivity contribution in [2.45, 2.75) is 31.4 Å². The summed E-state index contributed by atoms with van der Waals surface area (Å²) in [4.78, 5) is 12.1. The zero-order chi connectivity index (χ0) is 17.3. The molecule has 1 aromatic carbocycles. The van der Waals surface area contributed by atoms with E-state index in [1.54, 1.807) is 19.1 Å². The number of carbonyl (C=O) groups excluding carboxylic acids is 1. The van der Waals surface area contributed by atoms with Gasteiger partial charge in [-0.1, -0.05) is 12.1 Å². The van der Waals surface area contributed by atoms with Crippen LogP contribution in [0.25, 0.3) is 0 Å². The van der Waals surface area contributed by atoms with Crippen LogP contribution in [0.1, 0.15) is 19.4 Å². The van der Waals surface area contributed by atoms with Crippen LogP contribution in [-0.4, -0.2) is 47.3 Å². The predicted octanol–water partition coefficient (Wildman–Crippen LogP) is 0.653. The summed E-state index contributed by atoms with van der Waals surface area (Å²) >= 11 is 0. The summed E-state index contributed by atoms with van der Waals surface area (Å²) in [5.41, 5.74) is 0.801. The summed E-state index contributed by atoms with van der Waals surface area (Å²) in [6, 6.07) is 6.31. The predicted molar refractivity (Wildman–Crippen MR) is 86.4 cm³/mol. The van der Waals surface area contributed by atoms with Gasteiger partial charge in [0, 0.05) is 13.2 Å². The van der Waals surface area contributed by atoms with Crippen molar-refractivity contribution in [1.29, 1.82) is 0 Å². The number of benzene rings is 1. The van der Waals surface area contributed by atoms with Crippen molar-refractivity contribution in [3.8, 4) is 0 Å². The number of carbonyl (C=O) groups is 1. The second-order valence-electron chi connectivity index (χ2n) is 4.78. The minimum absolute atomic E-state index is 0.183. The van der Waals surface area contributed by atoms with Crippen LogP contribution in [0.4, 0.5) is 0 Å². The lowest BCUT2D eigenvalue weighted by Gasteiger charge is -2.13. The second kappa shape index (κ2) is 9.61. The molecule has 130 valence electrons.